The Morgan fingerprint density at radius 3 is 2.81 bits per heavy atom. The maximum atomic E-state index is 5.80. The summed E-state index contributed by atoms with van der Waals surface area (Å²) < 4.78 is 10.8. The van der Waals surface area contributed by atoms with Gasteiger partial charge in [0.25, 0.3) is 0 Å². The highest BCUT2D eigenvalue weighted by molar-refractivity contribution is 14.0. The van der Waals surface area contributed by atoms with E-state index < -0.39 is 0 Å². The van der Waals surface area contributed by atoms with Gasteiger partial charge in [0.05, 0.1) is 19.8 Å². The molecule has 0 unspecified atom stereocenters. The van der Waals surface area contributed by atoms with E-state index in [1.807, 2.05) is 0 Å². The minimum atomic E-state index is 0. The molecule has 3 N–H and O–H groups in total. The van der Waals surface area contributed by atoms with E-state index in [2.05, 4.69) is 15.2 Å². The summed E-state index contributed by atoms with van der Waals surface area (Å²) in [6, 6.07) is 0. The third-order valence-corrected chi connectivity index (χ3v) is 3.62. The van der Waals surface area contributed by atoms with Crippen LogP contribution in [0.25, 0.3) is 0 Å². The van der Waals surface area contributed by atoms with E-state index in [1.165, 1.54) is 12.8 Å². The Morgan fingerprint density at radius 1 is 1.33 bits per heavy atom. The highest BCUT2D eigenvalue weighted by atomic mass is 127. The molecule has 0 spiro atoms. The van der Waals surface area contributed by atoms with Crippen molar-refractivity contribution in [3.05, 3.63) is 0 Å². The van der Waals surface area contributed by atoms with Gasteiger partial charge in [0.2, 0.25) is 0 Å². The summed E-state index contributed by atoms with van der Waals surface area (Å²) >= 11 is 0. The van der Waals surface area contributed by atoms with Crippen LogP contribution < -0.4 is 11.1 Å². The van der Waals surface area contributed by atoms with Crippen molar-refractivity contribution in [3.63, 3.8) is 0 Å². The Hall–Kier alpha value is -0.120. The molecular formula is C14H29IN4O2. The minimum Gasteiger partial charge on any atom is -0.379 e. The maximum Gasteiger partial charge on any atom is 0.188 e. The number of morpholine rings is 1. The molecular weight excluding hydrogens is 383 g/mol. The molecule has 0 atom stereocenters. The number of hydrogen-bond acceptors (Lipinski definition) is 4. The average molecular weight is 412 g/mol. The monoisotopic (exact) mass is 412 g/mol. The summed E-state index contributed by atoms with van der Waals surface area (Å²) in [5.74, 6) is 1.35. The zero-order valence-electron chi connectivity index (χ0n) is 12.8. The summed E-state index contributed by atoms with van der Waals surface area (Å²) in [4.78, 5) is 6.73. The third-order valence-electron chi connectivity index (χ3n) is 3.62. The third kappa shape index (κ3) is 9.49. The van der Waals surface area contributed by atoms with Crippen molar-refractivity contribution in [2.45, 2.75) is 19.3 Å². The maximum absolute atomic E-state index is 5.80. The van der Waals surface area contributed by atoms with Crippen molar-refractivity contribution in [1.82, 2.24) is 10.2 Å². The van der Waals surface area contributed by atoms with Crippen molar-refractivity contribution in [1.29, 1.82) is 0 Å². The van der Waals surface area contributed by atoms with E-state index in [-0.39, 0.29) is 24.0 Å². The molecule has 2 rings (SSSR count). The summed E-state index contributed by atoms with van der Waals surface area (Å²) in [5.41, 5.74) is 5.80. The molecule has 0 radical (unpaired) electrons. The van der Waals surface area contributed by atoms with Crippen LogP contribution in [0.4, 0.5) is 0 Å². The fraction of sp³-hybridized carbons (Fsp3) is 0.929. The van der Waals surface area contributed by atoms with Crippen molar-refractivity contribution in [2.75, 3.05) is 59.2 Å². The van der Waals surface area contributed by atoms with Gasteiger partial charge in [-0.15, -0.1) is 24.0 Å². The van der Waals surface area contributed by atoms with E-state index >= 15 is 0 Å². The molecule has 1 aliphatic carbocycles. The lowest BCUT2D eigenvalue weighted by Crippen LogP contribution is -2.37. The first-order valence-electron chi connectivity index (χ1n) is 7.76. The van der Waals surface area contributed by atoms with Crippen LogP contribution in [0.3, 0.4) is 0 Å². The van der Waals surface area contributed by atoms with Crippen molar-refractivity contribution in [2.24, 2.45) is 16.6 Å². The van der Waals surface area contributed by atoms with Gasteiger partial charge in [0, 0.05) is 39.3 Å². The number of nitrogens with two attached hydrogens (primary N) is 1. The number of rotatable bonds is 9. The van der Waals surface area contributed by atoms with Gasteiger partial charge in [-0.1, -0.05) is 0 Å². The molecule has 6 nitrogen and oxygen atoms in total. The van der Waals surface area contributed by atoms with Crippen molar-refractivity contribution in [3.8, 4) is 0 Å². The summed E-state index contributed by atoms with van der Waals surface area (Å²) in [6.45, 7) is 7.99. The predicted molar refractivity (Wildman–Crippen MR) is 95.3 cm³/mol. The first-order valence-corrected chi connectivity index (χ1v) is 7.76. The summed E-state index contributed by atoms with van der Waals surface area (Å²) in [5, 5.41) is 3.08. The minimum absolute atomic E-state index is 0. The van der Waals surface area contributed by atoms with E-state index in [4.69, 9.17) is 15.2 Å². The van der Waals surface area contributed by atoms with Gasteiger partial charge in [0.15, 0.2) is 5.96 Å². The molecule has 1 saturated carbocycles. The Balaban J connectivity index is 0.00000220. The Bertz CT molecular complexity index is 295. The van der Waals surface area contributed by atoms with Crippen LogP contribution in [-0.4, -0.2) is 70.0 Å². The van der Waals surface area contributed by atoms with Crippen LogP contribution in [0.5, 0.6) is 0 Å². The topological polar surface area (TPSA) is 72.1 Å². The molecule has 1 heterocycles. The van der Waals surface area contributed by atoms with Gasteiger partial charge in [0.1, 0.15) is 0 Å². The second-order valence-corrected chi connectivity index (χ2v) is 5.52. The van der Waals surface area contributed by atoms with E-state index in [1.54, 1.807) is 0 Å². The van der Waals surface area contributed by atoms with Crippen LogP contribution in [0.2, 0.25) is 0 Å². The predicted octanol–water partition coefficient (Wildman–Crippen LogP) is 0.658. The van der Waals surface area contributed by atoms with E-state index in [0.29, 0.717) is 12.6 Å². The van der Waals surface area contributed by atoms with Crippen LogP contribution >= 0.6 is 24.0 Å². The first-order chi connectivity index (χ1) is 9.84. The first kappa shape index (κ1) is 18.9. The second-order valence-electron chi connectivity index (χ2n) is 5.52. The molecule has 2 aliphatic rings. The zero-order valence-corrected chi connectivity index (χ0v) is 15.1. The van der Waals surface area contributed by atoms with Crippen molar-refractivity contribution >= 4 is 29.9 Å². The van der Waals surface area contributed by atoms with Gasteiger partial charge < -0.3 is 20.5 Å². The number of halogens is 1. The van der Waals surface area contributed by atoms with Crippen LogP contribution in [0.15, 0.2) is 4.99 Å². The highest BCUT2D eigenvalue weighted by Crippen LogP contribution is 2.28. The van der Waals surface area contributed by atoms with E-state index in [0.717, 1.165) is 64.9 Å². The Morgan fingerprint density at radius 2 is 2.10 bits per heavy atom. The van der Waals surface area contributed by atoms with Gasteiger partial charge in [-0.05, 0) is 25.2 Å². The lowest BCUT2D eigenvalue weighted by molar-refractivity contribution is 0.0377. The Labute approximate surface area is 144 Å². The number of nitrogens with zero attached hydrogens (tertiary/aromatic N) is 2. The second kappa shape index (κ2) is 11.4. The molecule has 1 aliphatic heterocycles. The summed E-state index contributed by atoms with van der Waals surface area (Å²) in [7, 11) is 0. The lowest BCUT2D eigenvalue weighted by atomic mass is 10.3. The fourth-order valence-electron chi connectivity index (χ4n) is 2.16. The van der Waals surface area contributed by atoms with Gasteiger partial charge >= 0.3 is 0 Å². The molecule has 0 aromatic carbocycles. The zero-order chi connectivity index (χ0) is 14.0. The van der Waals surface area contributed by atoms with Gasteiger partial charge in [-0.2, -0.15) is 0 Å². The molecule has 0 bridgehead atoms. The number of hydrogen-bond donors (Lipinski definition) is 2. The number of nitrogens with one attached hydrogen (secondary N) is 1. The fourth-order valence-corrected chi connectivity index (χ4v) is 2.16. The van der Waals surface area contributed by atoms with E-state index in [9.17, 15) is 0 Å². The SMILES string of the molecule is I.NC(=NCCCN1CCOCC1)NCCOCC1CC1. The largest absolute Gasteiger partial charge is 0.379 e. The number of aliphatic imine (C=N–C) groups is 1. The molecule has 0 aromatic heterocycles. The average Bonchev–Trinajstić information content (AvgIpc) is 3.29. The Kier molecular flexibility index (Phi) is 10.3. The molecule has 0 aromatic rings. The number of ether oxygens (including phenoxy) is 2. The standard InChI is InChI=1S/C14H28N4O2.HI/c15-14(17-5-9-20-12-13-2-3-13)16-4-1-6-18-7-10-19-11-8-18;/h13H,1-12H2,(H3,15,16,17);1H. The summed E-state index contributed by atoms with van der Waals surface area (Å²) in [6.07, 6.45) is 3.71. The van der Waals surface area contributed by atoms with Gasteiger partial charge in [-0.25, -0.2) is 0 Å². The van der Waals surface area contributed by atoms with Crippen LogP contribution in [0, 0.1) is 5.92 Å². The van der Waals surface area contributed by atoms with Crippen molar-refractivity contribution < 1.29 is 9.47 Å². The molecule has 0 amide bonds. The highest BCUT2D eigenvalue weighted by Gasteiger charge is 2.20. The quantitative estimate of drug-likeness (QED) is 0.252. The lowest BCUT2D eigenvalue weighted by Gasteiger charge is -2.26. The molecule has 1 saturated heterocycles. The molecule has 124 valence electrons. The number of guanidine groups is 1. The van der Waals surface area contributed by atoms with Gasteiger partial charge in [-0.3, -0.25) is 9.89 Å². The smallest absolute Gasteiger partial charge is 0.188 e. The normalized spacial score (nSPS) is 20.1. The molecule has 7 heteroatoms. The van der Waals surface area contributed by atoms with Crippen LogP contribution in [0.1, 0.15) is 19.3 Å². The molecule has 21 heavy (non-hydrogen) atoms. The van der Waals surface area contributed by atoms with Crippen LogP contribution in [-0.2, 0) is 9.47 Å². The molecule has 2 fully saturated rings.